The molecular weight excluding hydrogens is 319 g/mol. The number of aliphatic hydroxyl groups is 1. The molecule has 1 heterocycles. The number of hydrogen-bond acceptors (Lipinski definition) is 5. The lowest BCUT2D eigenvalue weighted by Crippen LogP contribution is -2.37. The molecule has 4 atom stereocenters. The van der Waals surface area contributed by atoms with Crippen molar-refractivity contribution in [3.63, 3.8) is 0 Å². The highest BCUT2D eigenvalue weighted by Gasteiger charge is 2.63. The van der Waals surface area contributed by atoms with Gasteiger partial charge in [-0.15, -0.1) is 0 Å². The Kier molecular flexibility index (Phi) is 3.42. The number of amides is 2. The third-order valence-corrected chi connectivity index (χ3v) is 4.26. The van der Waals surface area contributed by atoms with Crippen molar-refractivity contribution in [2.24, 2.45) is 17.8 Å². The van der Waals surface area contributed by atoms with Crippen LogP contribution in [-0.4, -0.2) is 41.0 Å². The van der Waals surface area contributed by atoms with Gasteiger partial charge in [0.1, 0.15) is 0 Å². The fraction of sp³-hybridized carbons (Fsp3) is 0.600. The van der Waals surface area contributed by atoms with E-state index >= 15 is 0 Å². The first-order valence-electron chi connectivity index (χ1n) is 5.67. The van der Waals surface area contributed by atoms with E-state index in [1.165, 1.54) is 0 Å². The summed E-state index contributed by atoms with van der Waals surface area (Å²) in [7, 11) is -5.84. The van der Waals surface area contributed by atoms with Crippen LogP contribution < -0.4 is 5.32 Å². The van der Waals surface area contributed by atoms with Crippen molar-refractivity contribution in [1.82, 2.24) is 5.32 Å². The number of nitrogens with one attached hydrogen (secondary N) is 1. The Morgan fingerprint density at radius 2 is 1.81 bits per heavy atom. The van der Waals surface area contributed by atoms with Gasteiger partial charge in [0.05, 0.1) is 17.4 Å². The third-order valence-electron chi connectivity index (χ3n) is 3.68. The van der Waals surface area contributed by atoms with Crippen LogP contribution >= 0.6 is 0 Å². The van der Waals surface area contributed by atoms with E-state index in [1.807, 2.05) is 6.08 Å². The first-order chi connectivity index (χ1) is 9.37. The number of imide groups is 1. The zero-order valence-corrected chi connectivity index (χ0v) is 11.0. The molecule has 0 aromatic carbocycles. The Labute approximate surface area is 116 Å². The van der Waals surface area contributed by atoms with Gasteiger partial charge in [-0.05, 0) is 12.3 Å². The Morgan fingerprint density at radius 1 is 1.29 bits per heavy atom. The molecule has 1 saturated carbocycles. The summed E-state index contributed by atoms with van der Waals surface area (Å²) in [5.41, 5.74) is -6.58. The summed E-state index contributed by atoms with van der Waals surface area (Å²) in [4.78, 5) is 22.7. The standard InChI is InChI=1S/C9H9NO3.CHF3O3S/c11-7-5-4-1-2-9(13,3-4)6(5)8(12)10-7;2-1(3,4)8(5,6)7/h1-2,4-6,13H,3H2,(H,10,11,12);(H,5,6,7). The molecule has 11 heteroatoms. The van der Waals surface area contributed by atoms with Crippen LogP contribution in [0.2, 0.25) is 0 Å². The normalized spacial score (nSPS) is 37.1. The monoisotopic (exact) mass is 329 g/mol. The van der Waals surface area contributed by atoms with Crippen molar-refractivity contribution in [3.8, 4) is 0 Å². The van der Waals surface area contributed by atoms with Crippen LogP contribution in [0.4, 0.5) is 13.2 Å². The minimum Gasteiger partial charge on any atom is -0.385 e. The first kappa shape index (κ1) is 15.9. The molecule has 2 bridgehead atoms. The molecule has 1 saturated heterocycles. The Balaban J connectivity index is 0.000000177. The van der Waals surface area contributed by atoms with Crippen molar-refractivity contribution < 1.29 is 40.8 Å². The van der Waals surface area contributed by atoms with E-state index in [9.17, 15) is 27.9 Å². The van der Waals surface area contributed by atoms with Gasteiger partial charge in [0.2, 0.25) is 11.8 Å². The van der Waals surface area contributed by atoms with Crippen LogP contribution in [0.5, 0.6) is 0 Å². The van der Waals surface area contributed by atoms with Gasteiger partial charge in [-0.25, -0.2) is 0 Å². The number of allylic oxidation sites excluding steroid dienone is 1. The van der Waals surface area contributed by atoms with Crippen LogP contribution in [0.15, 0.2) is 12.2 Å². The summed E-state index contributed by atoms with van der Waals surface area (Å²) in [5.74, 6) is -1.33. The molecule has 3 rings (SSSR count). The number of halogens is 3. The van der Waals surface area contributed by atoms with Crippen LogP contribution in [0.3, 0.4) is 0 Å². The quantitative estimate of drug-likeness (QED) is 0.240. The highest BCUT2D eigenvalue weighted by molar-refractivity contribution is 7.86. The average Bonchev–Trinajstić information content (AvgIpc) is 2.87. The van der Waals surface area contributed by atoms with Gasteiger partial charge in [0.15, 0.2) is 0 Å². The lowest BCUT2D eigenvalue weighted by molar-refractivity contribution is -0.128. The average molecular weight is 329 g/mol. The maximum absolute atomic E-state index is 11.3. The minimum absolute atomic E-state index is 0.0569. The van der Waals surface area contributed by atoms with Crippen molar-refractivity contribution in [2.45, 2.75) is 17.5 Å². The number of hydrogen-bond donors (Lipinski definition) is 3. The fourth-order valence-corrected chi connectivity index (χ4v) is 2.86. The maximum atomic E-state index is 11.3. The van der Waals surface area contributed by atoms with Gasteiger partial charge in [0, 0.05) is 0 Å². The van der Waals surface area contributed by atoms with E-state index in [2.05, 4.69) is 5.32 Å². The molecule has 0 aromatic heterocycles. The van der Waals surface area contributed by atoms with E-state index < -0.39 is 27.1 Å². The molecule has 4 unspecified atom stereocenters. The largest absolute Gasteiger partial charge is 0.522 e. The topological polar surface area (TPSA) is 121 Å². The van der Waals surface area contributed by atoms with Gasteiger partial charge in [0.25, 0.3) is 0 Å². The van der Waals surface area contributed by atoms with Crippen LogP contribution in [0, 0.1) is 17.8 Å². The van der Waals surface area contributed by atoms with Crippen molar-refractivity contribution in [3.05, 3.63) is 12.2 Å². The summed E-state index contributed by atoms with van der Waals surface area (Å²) in [6.07, 6.45) is 4.04. The predicted molar refractivity (Wildman–Crippen MR) is 59.9 cm³/mol. The molecule has 21 heavy (non-hydrogen) atoms. The maximum Gasteiger partial charge on any atom is 0.522 e. The second-order valence-corrected chi connectivity index (χ2v) is 6.41. The van der Waals surface area contributed by atoms with Crippen molar-refractivity contribution in [2.75, 3.05) is 0 Å². The summed E-state index contributed by atoms with van der Waals surface area (Å²) in [5, 5.41) is 12.3. The number of carbonyl (C=O) groups excluding carboxylic acids is 2. The lowest BCUT2D eigenvalue weighted by atomic mass is 9.83. The highest BCUT2D eigenvalue weighted by Crippen LogP contribution is 2.52. The zero-order chi connectivity index (χ0) is 16.2. The van der Waals surface area contributed by atoms with Gasteiger partial charge >= 0.3 is 15.6 Å². The van der Waals surface area contributed by atoms with Crippen molar-refractivity contribution >= 4 is 21.9 Å². The molecule has 118 valence electrons. The smallest absolute Gasteiger partial charge is 0.385 e. The molecular formula is C10H10F3NO6S. The van der Waals surface area contributed by atoms with E-state index in [4.69, 9.17) is 13.0 Å². The van der Waals surface area contributed by atoms with Gasteiger partial charge in [-0.1, -0.05) is 12.2 Å². The lowest BCUT2D eigenvalue weighted by Gasteiger charge is -2.23. The number of alkyl halides is 3. The molecule has 7 nitrogen and oxygen atoms in total. The predicted octanol–water partition coefficient (Wildman–Crippen LogP) is -0.410. The molecule has 1 aliphatic heterocycles. The van der Waals surface area contributed by atoms with E-state index in [-0.39, 0.29) is 23.7 Å². The summed E-state index contributed by atoms with van der Waals surface area (Å²) >= 11 is 0. The Bertz CT molecular complexity index is 627. The molecule has 0 spiro atoms. The van der Waals surface area contributed by atoms with Crippen LogP contribution in [0.1, 0.15) is 6.42 Å². The minimum atomic E-state index is -5.84. The molecule has 3 aliphatic rings. The van der Waals surface area contributed by atoms with Gasteiger partial charge < -0.3 is 5.11 Å². The number of fused-ring (bicyclic) bond motifs is 5. The zero-order valence-electron chi connectivity index (χ0n) is 10.2. The SMILES string of the molecule is O=C1NC(=O)C2C1C1C=CC2(O)C1.O=S(=O)(O)C(F)(F)F. The van der Waals surface area contributed by atoms with Gasteiger partial charge in [-0.2, -0.15) is 21.6 Å². The second-order valence-electron chi connectivity index (χ2n) is 5.00. The van der Waals surface area contributed by atoms with E-state index in [0.717, 1.165) is 0 Å². The summed E-state index contributed by atoms with van der Waals surface area (Å²) in [6, 6.07) is 0. The summed E-state index contributed by atoms with van der Waals surface area (Å²) < 4.78 is 57.5. The molecule has 2 fully saturated rings. The first-order valence-corrected chi connectivity index (χ1v) is 7.11. The molecule has 0 radical (unpaired) electrons. The molecule has 3 N–H and O–H groups in total. The van der Waals surface area contributed by atoms with E-state index in [0.29, 0.717) is 6.42 Å². The number of rotatable bonds is 0. The Morgan fingerprint density at radius 3 is 2.24 bits per heavy atom. The van der Waals surface area contributed by atoms with Crippen molar-refractivity contribution in [1.29, 1.82) is 0 Å². The molecule has 2 amide bonds. The summed E-state index contributed by atoms with van der Waals surface area (Å²) in [6.45, 7) is 0. The van der Waals surface area contributed by atoms with Gasteiger partial charge in [-0.3, -0.25) is 19.5 Å². The second kappa shape index (κ2) is 4.52. The molecule has 2 aliphatic carbocycles. The fourth-order valence-electron chi connectivity index (χ4n) is 2.86. The van der Waals surface area contributed by atoms with Crippen LogP contribution in [0.25, 0.3) is 0 Å². The number of carbonyl (C=O) groups is 2. The molecule has 0 aromatic rings. The third kappa shape index (κ3) is 2.56. The Hall–Kier alpha value is -1.46. The van der Waals surface area contributed by atoms with E-state index in [1.54, 1.807) is 6.08 Å². The highest BCUT2D eigenvalue weighted by atomic mass is 32.2. The van der Waals surface area contributed by atoms with Crippen LogP contribution in [-0.2, 0) is 19.7 Å².